The standard InChI is InChI=1S/C16H19NO6/c1-21-11-8-10(9-12-13(11)23-7-6-22-12)14(18)17-16(15(19)20)4-2-3-5-16/h8-9H,2-7H2,1H3,(H,17,18)(H,19,20). The van der Waals surface area contributed by atoms with Gasteiger partial charge in [-0.05, 0) is 25.0 Å². The number of benzene rings is 1. The second-order valence-corrected chi connectivity index (χ2v) is 5.75. The van der Waals surface area contributed by atoms with Gasteiger partial charge in [-0.2, -0.15) is 0 Å². The maximum absolute atomic E-state index is 12.5. The molecule has 2 aliphatic rings. The van der Waals surface area contributed by atoms with Crippen molar-refractivity contribution in [1.29, 1.82) is 0 Å². The lowest BCUT2D eigenvalue weighted by Crippen LogP contribution is -2.52. The Morgan fingerprint density at radius 2 is 1.91 bits per heavy atom. The molecule has 1 aromatic rings. The summed E-state index contributed by atoms with van der Waals surface area (Å²) >= 11 is 0. The van der Waals surface area contributed by atoms with E-state index in [0.717, 1.165) is 12.8 Å². The zero-order valence-corrected chi connectivity index (χ0v) is 12.9. The quantitative estimate of drug-likeness (QED) is 0.875. The fourth-order valence-corrected chi connectivity index (χ4v) is 3.06. The highest BCUT2D eigenvalue weighted by atomic mass is 16.6. The summed E-state index contributed by atoms with van der Waals surface area (Å²) in [6, 6.07) is 3.09. The van der Waals surface area contributed by atoms with E-state index in [4.69, 9.17) is 14.2 Å². The fourth-order valence-electron chi connectivity index (χ4n) is 3.06. The van der Waals surface area contributed by atoms with Gasteiger partial charge in [0.15, 0.2) is 11.5 Å². The maximum Gasteiger partial charge on any atom is 0.329 e. The van der Waals surface area contributed by atoms with Crippen LogP contribution in [0.4, 0.5) is 0 Å². The average molecular weight is 321 g/mol. The second-order valence-electron chi connectivity index (χ2n) is 5.75. The molecule has 0 atom stereocenters. The molecule has 1 fully saturated rings. The molecule has 1 amide bonds. The highest BCUT2D eigenvalue weighted by Crippen LogP contribution is 2.40. The van der Waals surface area contributed by atoms with Gasteiger partial charge in [-0.15, -0.1) is 0 Å². The molecule has 0 radical (unpaired) electrons. The van der Waals surface area contributed by atoms with Crippen LogP contribution in [0.25, 0.3) is 0 Å². The van der Waals surface area contributed by atoms with Gasteiger partial charge in [-0.25, -0.2) is 4.79 Å². The normalized spacial score (nSPS) is 18.3. The van der Waals surface area contributed by atoms with Gasteiger partial charge in [0, 0.05) is 5.56 Å². The molecule has 1 aliphatic heterocycles. The number of carboxylic acid groups (broad SMARTS) is 1. The summed E-state index contributed by atoms with van der Waals surface area (Å²) in [6.45, 7) is 0.803. The number of rotatable bonds is 4. The van der Waals surface area contributed by atoms with Crippen LogP contribution in [0.15, 0.2) is 12.1 Å². The number of nitrogens with one attached hydrogen (secondary N) is 1. The summed E-state index contributed by atoms with van der Waals surface area (Å²) in [6.07, 6.45) is 2.46. The van der Waals surface area contributed by atoms with E-state index in [1.807, 2.05) is 0 Å². The van der Waals surface area contributed by atoms with Gasteiger partial charge >= 0.3 is 5.97 Å². The first-order chi connectivity index (χ1) is 11.1. The van der Waals surface area contributed by atoms with Crippen molar-refractivity contribution in [2.24, 2.45) is 0 Å². The first-order valence-corrected chi connectivity index (χ1v) is 7.59. The number of fused-ring (bicyclic) bond motifs is 1. The number of carbonyl (C=O) groups is 2. The lowest BCUT2D eigenvalue weighted by Gasteiger charge is -2.26. The predicted molar refractivity (Wildman–Crippen MR) is 80.3 cm³/mol. The van der Waals surface area contributed by atoms with Gasteiger partial charge in [0.2, 0.25) is 5.75 Å². The molecule has 0 aromatic heterocycles. The van der Waals surface area contributed by atoms with Crippen molar-refractivity contribution in [3.8, 4) is 17.2 Å². The Balaban J connectivity index is 1.89. The molecule has 1 saturated carbocycles. The Kier molecular flexibility index (Phi) is 4.02. The molecule has 1 aromatic carbocycles. The lowest BCUT2D eigenvalue weighted by molar-refractivity contribution is -0.144. The molecule has 23 heavy (non-hydrogen) atoms. The molecular formula is C16H19NO6. The number of carbonyl (C=O) groups excluding carboxylic acids is 1. The van der Waals surface area contributed by atoms with Gasteiger partial charge in [0.05, 0.1) is 7.11 Å². The number of carboxylic acids is 1. The molecule has 2 N–H and O–H groups in total. The molecule has 0 spiro atoms. The number of ether oxygens (including phenoxy) is 3. The van der Waals surface area contributed by atoms with Crippen molar-refractivity contribution in [1.82, 2.24) is 5.32 Å². The van der Waals surface area contributed by atoms with E-state index in [9.17, 15) is 14.7 Å². The van der Waals surface area contributed by atoms with Gasteiger partial charge < -0.3 is 24.6 Å². The summed E-state index contributed by atoms with van der Waals surface area (Å²) in [5.74, 6) is -0.166. The van der Waals surface area contributed by atoms with Crippen molar-refractivity contribution >= 4 is 11.9 Å². The Bertz CT molecular complexity index is 618. The topological polar surface area (TPSA) is 94.1 Å². The van der Waals surface area contributed by atoms with Crippen molar-refractivity contribution < 1.29 is 28.9 Å². The first kappa shape index (κ1) is 15.5. The van der Waals surface area contributed by atoms with Crippen LogP contribution in [0.3, 0.4) is 0 Å². The van der Waals surface area contributed by atoms with Crippen LogP contribution in [-0.4, -0.2) is 42.8 Å². The zero-order chi connectivity index (χ0) is 16.4. The van der Waals surface area contributed by atoms with Gasteiger partial charge in [0.1, 0.15) is 18.8 Å². The van der Waals surface area contributed by atoms with Gasteiger partial charge in [-0.1, -0.05) is 12.8 Å². The van der Waals surface area contributed by atoms with E-state index < -0.39 is 17.4 Å². The third-order valence-corrected chi connectivity index (χ3v) is 4.31. The largest absolute Gasteiger partial charge is 0.493 e. The number of hydrogen-bond donors (Lipinski definition) is 2. The van der Waals surface area contributed by atoms with E-state index in [2.05, 4.69) is 5.32 Å². The number of methoxy groups -OCH3 is 1. The summed E-state index contributed by atoms with van der Waals surface area (Å²) in [5.41, 5.74) is -0.893. The molecule has 0 saturated heterocycles. The minimum atomic E-state index is -1.18. The zero-order valence-electron chi connectivity index (χ0n) is 12.9. The molecule has 7 nitrogen and oxygen atoms in total. The average Bonchev–Trinajstić information content (AvgIpc) is 3.03. The van der Waals surface area contributed by atoms with Crippen molar-refractivity contribution in [3.63, 3.8) is 0 Å². The highest BCUT2D eigenvalue weighted by Gasteiger charge is 2.42. The van der Waals surface area contributed by atoms with Crippen molar-refractivity contribution in [2.75, 3.05) is 20.3 Å². The highest BCUT2D eigenvalue weighted by molar-refractivity contribution is 5.99. The predicted octanol–water partition coefficient (Wildman–Crippen LogP) is 1.59. The third kappa shape index (κ3) is 2.78. The summed E-state index contributed by atoms with van der Waals surface area (Å²) in [4.78, 5) is 24.1. The Morgan fingerprint density at radius 1 is 1.22 bits per heavy atom. The molecule has 0 unspecified atom stereocenters. The minimum absolute atomic E-state index is 0.290. The molecule has 3 rings (SSSR count). The Morgan fingerprint density at radius 3 is 2.57 bits per heavy atom. The Hall–Kier alpha value is -2.44. The first-order valence-electron chi connectivity index (χ1n) is 7.59. The van der Waals surface area contributed by atoms with E-state index >= 15 is 0 Å². The van der Waals surface area contributed by atoms with E-state index in [0.29, 0.717) is 48.9 Å². The fraction of sp³-hybridized carbons (Fsp3) is 0.500. The van der Waals surface area contributed by atoms with Crippen molar-refractivity contribution in [2.45, 2.75) is 31.2 Å². The van der Waals surface area contributed by atoms with E-state index in [1.54, 1.807) is 6.07 Å². The number of hydrogen-bond acceptors (Lipinski definition) is 5. The summed E-state index contributed by atoms with van der Waals surface area (Å²) < 4.78 is 16.2. The minimum Gasteiger partial charge on any atom is -0.493 e. The smallest absolute Gasteiger partial charge is 0.329 e. The van der Waals surface area contributed by atoms with Crippen LogP contribution >= 0.6 is 0 Å². The SMILES string of the molecule is COc1cc(C(=O)NC2(C(=O)O)CCCC2)cc2c1OCCO2. The van der Waals surface area contributed by atoms with Crippen LogP contribution in [-0.2, 0) is 4.79 Å². The molecule has 124 valence electrons. The summed E-state index contributed by atoms with van der Waals surface area (Å²) in [7, 11) is 1.48. The maximum atomic E-state index is 12.5. The van der Waals surface area contributed by atoms with Gasteiger partial charge in [0.25, 0.3) is 5.91 Å². The Labute approximate surface area is 133 Å². The van der Waals surface area contributed by atoms with Crippen LogP contribution in [0.2, 0.25) is 0 Å². The van der Waals surface area contributed by atoms with E-state index in [-0.39, 0.29) is 0 Å². The van der Waals surface area contributed by atoms with Crippen LogP contribution in [0, 0.1) is 0 Å². The lowest BCUT2D eigenvalue weighted by atomic mass is 9.97. The van der Waals surface area contributed by atoms with Crippen LogP contribution < -0.4 is 19.5 Å². The number of amides is 1. The monoisotopic (exact) mass is 321 g/mol. The van der Waals surface area contributed by atoms with E-state index in [1.165, 1.54) is 13.2 Å². The summed E-state index contributed by atoms with van der Waals surface area (Å²) in [5, 5.41) is 12.1. The van der Waals surface area contributed by atoms with Crippen LogP contribution in [0.5, 0.6) is 17.2 Å². The molecular weight excluding hydrogens is 302 g/mol. The second kappa shape index (κ2) is 5.98. The molecule has 1 aliphatic carbocycles. The van der Waals surface area contributed by atoms with Crippen LogP contribution in [0.1, 0.15) is 36.0 Å². The third-order valence-electron chi connectivity index (χ3n) is 4.31. The van der Waals surface area contributed by atoms with Crippen molar-refractivity contribution in [3.05, 3.63) is 17.7 Å². The van der Waals surface area contributed by atoms with Gasteiger partial charge in [-0.3, -0.25) is 4.79 Å². The molecule has 7 heteroatoms. The molecule has 0 bridgehead atoms. The molecule has 1 heterocycles. The number of aliphatic carboxylic acids is 1.